The van der Waals surface area contributed by atoms with Crippen LogP contribution in [0, 0.1) is 11.8 Å². The number of methoxy groups -OCH3 is 2. The zero-order valence-corrected chi connectivity index (χ0v) is 9.28. The molecule has 15 heavy (non-hydrogen) atoms. The van der Waals surface area contributed by atoms with Gasteiger partial charge in [0.05, 0.1) is 26.1 Å². The Bertz CT molecular complexity index is 293. The van der Waals surface area contributed by atoms with Crippen LogP contribution in [0.4, 0.5) is 0 Å². The van der Waals surface area contributed by atoms with Crippen LogP contribution in [-0.2, 0) is 19.1 Å². The first-order valence-electron chi connectivity index (χ1n) is 4.91. The van der Waals surface area contributed by atoms with Gasteiger partial charge >= 0.3 is 11.9 Å². The quantitative estimate of drug-likeness (QED) is 0.511. The van der Waals surface area contributed by atoms with Gasteiger partial charge in [-0.2, -0.15) is 0 Å². The summed E-state index contributed by atoms with van der Waals surface area (Å²) in [4.78, 5) is 22.9. The van der Waals surface area contributed by atoms with Crippen LogP contribution >= 0.6 is 0 Å². The van der Waals surface area contributed by atoms with Crippen molar-refractivity contribution in [1.82, 2.24) is 0 Å². The van der Waals surface area contributed by atoms with Gasteiger partial charge in [-0.15, -0.1) is 0 Å². The highest BCUT2D eigenvalue weighted by Crippen LogP contribution is 2.31. The van der Waals surface area contributed by atoms with E-state index in [0.717, 1.165) is 5.57 Å². The molecule has 0 aromatic heterocycles. The minimum Gasteiger partial charge on any atom is -0.469 e. The molecular weight excluding hydrogens is 196 g/mol. The Morgan fingerprint density at radius 2 is 1.73 bits per heavy atom. The third kappa shape index (κ3) is 2.58. The first kappa shape index (κ1) is 11.8. The Kier molecular flexibility index (Phi) is 3.88. The van der Waals surface area contributed by atoms with Gasteiger partial charge in [-0.25, -0.2) is 0 Å². The largest absolute Gasteiger partial charge is 0.469 e. The van der Waals surface area contributed by atoms with Gasteiger partial charge in [0, 0.05) is 0 Å². The lowest BCUT2D eigenvalue weighted by Gasteiger charge is -2.26. The summed E-state index contributed by atoms with van der Waals surface area (Å²) in [5, 5.41) is 0. The fraction of sp³-hybridized carbons (Fsp3) is 0.636. The molecule has 0 spiro atoms. The van der Waals surface area contributed by atoms with E-state index < -0.39 is 11.8 Å². The van der Waals surface area contributed by atoms with Crippen LogP contribution in [-0.4, -0.2) is 26.2 Å². The highest BCUT2D eigenvalue weighted by molar-refractivity contribution is 5.82. The molecule has 0 aromatic carbocycles. The molecule has 84 valence electrons. The van der Waals surface area contributed by atoms with Crippen LogP contribution in [0.1, 0.15) is 19.8 Å². The Morgan fingerprint density at radius 3 is 2.27 bits per heavy atom. The molecule has 0 aromatic rings. The van der Waals surface area contributed by atoms with E-state index in [4.69, 9.17) is 0 Å². The summed E-state index contributed by atoms with van der Waals surface area (Å²) in [5.41, 5.74) is 1.12. The molecule has 0 bridgehead atoms. The van der Waals surface area contributed by atoms with Gasteiger partial charge in [-0.1, -0.05) is 11.6 Å². The van der Waals surface area contributed by atoms with E-state index in [2.05, 4.69) is 9.47 Å². The highest BCUT2D eigenvalue weighted by Gasteiger charge is 2.36. The number of esters is 2. The predicted octanol–water partition coefficient (Wildman–Crippen LogP) is 1.30. The molecule has 0 saturated heterocycles. The molecule has 4 nitrogen and oxygen atoms in total. The number of rotatable bonds is 2. The van der Waals surface area contributed by atoms with E-state index in [9.17, 15) is 9.59 Å². The molecule has 0 amide bonds. The Hall–Kier alpha value is -1.32. The summed E-state index contributed by atoms with van der Waals surface area (Å²) in [7, 11) is 2.67. The fourth-order valence-electron chi connectivity index (χ4n) is 1.88. The number of carbonyl (C=O) groups excluding carboxylic acids is 2. The first-order valence-corrected chi connectivity index (χ1v) is 4.91. The fourth-order valence-corrected chi connectivity index (χ4v) is 1.88. The molecule has 0 aliphatic heterocycles. The van der Waals surface area contributed by atoms with Gasteiger partial charge in [0.2, 0.25) is 0 Å². The summed E-state index contributed by atoms with van der Waals surface area (Å²) in [6, 6.07) is 0. The van der Waals surface area contributed by atoms with Crippen molar-refractivity contribution in [1.29, 1.82) is 0 Å². The second-order valence-corrected chi connectivity index (χ2v) is 3.75. The van der Waals surface area contributed by atoms with Gasteiger partial charge in [0.15, 0.2) is 0 Å². The molecule has 0 saturated carbocycles. The zero-order valence-electron chi connectivity index (χ0n) is 9.28. The van der Waals surface area contributed by atoms with E-state index >= 15 is 0 Å². The van der Waals surface area contributed by atoms with E-state index in [1.54, 1.807) is 0 Å². The van der Waals surface area contributed by atoms with Crippen molar-refractivity contribution >= 4 is 11.9 Å². The lowest BCUT2D eigenvalue weighted by atomic mass is 9.80. The maximum atomic E-state index is 11.5. The molecule has 4 heteroatoms. The van der Waals surface area contributed by atoms with Gasteiger partial charge in [0.1, 0.15) is 0 Å². The van der Waals surface area contributed by atoms with Crippen LogP contribution in [0.2, 0.25) is 0 Å². The average Bonchev–Trinajstić information content (AvgIpc) is 2.26. The molecule has 2 atom stereocenters. The Balaban J connectivity index is 2.84. The smallest absolute Gasteiger partial charge is 0.309 e. The van der Waals surface area contributed by atoms with Crippen LogP contribution in [0.15, 0.2) is 11.6 Å². The van der Waals surface area contributed by atoms with Crippen molar-refractivity contribution in [2.24, 2.45) is 11.8 Å². The third-order valence-corrected chi connectivity index (χ3v) is 2.76. The van der Waals surface area contributed by atoms with Crippen molar-refractivity contribution < 1.29 is 19.1 Å². The Morgan fingerprint density at radius 1 is 1.20 bits per heavy atom. The number of allylic oxidation sites excluding steroid dienone is 2. The maximum absolute atomic E-state index is 11.5. The molecule has 0 radical (unpaired) electrons. The zero-order chi connectivity index (χ0) is 11.4. The first-order chi connectivity index (χ1) is 7.10. The van der Waals surface area contributed by atoms with Gasteiger partial charge in [-0.05, 0) is 19.8 Å². The summed E-state index contributed by atoms with van der Waals surface area (Å²) < 4.78 is 9.36. The molecule has 1 aliphatic carbocycles. The third-order valence-electron chi connectivity index (χ3n) is 2.76. The van der Waals surface area contributed by atoms with Crippen LogP contribution in [0.25, 0.3) is 0 Å². The van der Waals surface area contributed by atoms with E-state index in [0.29, 0.717) is 12.8 Å². The van der Waals surface area contributed by atoms with Gasteiger partial charge in [0.25, 0.3) is 0 Å². The number of hydrogen-bond acceptors (Lipinski definition) is 4. The Labute approximate surface area is 89.2 Å². The van der Waals surface area contributed by atoms with Crippen LogP contribution in [0.5, 0.6) is 0 Å². The standard InChI is InChI=1S/C11H16O4/c1-7-4-5-8(10(12)14-2)9(6-7)11(13)15-3/h4,8-9H,5-6H2,1-3H3/t8-,9+/m1/s1. The van der Waals surface area contributed by atoms with Crippen LogP contribution < -0.4 is 0 Å². The normalized spacial score (nSPS) is 25.4. The molecule has 0 fully saturated rings. The molecule has 1 rings (SSSR count). The maximum Gasteiger partial charge on any atom is 0.309 e. The van der Waals surface area contributed by atoms with Crippen molar-refractivity contribution in [3.05, 3.63) is 11.6 Å². The monoisotopic (exact) mass is 212 g/mol. The lowest BCUT2D eigenvalue weighted by molar-refractivity contribution is -0.157. The van der Waals surface area contributed by atoms with Crippen LogP contribution in [0.3, 0.4) is 0 Å². The number of carbonyl (C=O) groups is 2. The van der Waals surface area contributed by atoms with Crippen molar-refractivity contribution in [2.75, 3.05) is 14.2 Å². The minimum absolute atomic E-state index is 0.335. The van der Waals surface area contributed by atoms with Crippen molar-refractivity contribution in [2.45, 2.75) is 19.8 Å². The van der Waals surface area contributed by atoms with E-state index in [-0.39, 0.29) is 11.9 Å². The van der Waals surface area contributed by atoms with Crippen molar-refractivity contribution in [3.8, 4) is 0 Å². The minimum atomic E-state index is -0.397. The highest BCUT2D eigenvalue weighted by atomic mass is 16.5. The summed E-state index contributed by atoms with van der Waals surface area (Å²) in [6.45, 7) is 1.95. The second-order valence-electron chi connectivity index (χ2n) is 3.75. The molecular formula is C11H16O4. The number of ether oxygens (including phenoxy) is 2. The molecule has 0 N–H and O–H groups in total. The molecule has 1 aliphatic rings. The molecule has 0 heterocycles. The molecule has 0 unspecified atom stereocenters. The lowest BCUT2D eigenvalue weighted by Crippen LogP contribution is -2.33. The number of hydrogen-bond donors (Lipinski definition) is 0. The van der Waals surface area contributed by atoms with E-state index in [1.807, 2.05) is 13.0 Å². The average molecular weight is 212 g/mol. The summed E-state index contributed by atoms with van der Waals surface area (Å²) >= 11 is 0. The van der Waals surface area contributed by atoms with E-state index in [1.165, 1.54) is 14.2 Å². The summed E-state index contributed by atoms with van der Waals surface area (Å²) in [5.74, 6) is -1.47. The predicted molar refractivity (Wildman–Crippen MR) is 54.0 cm³/mol. The second kappa shape index (κ2) is 4.96. The SMILES string of the molecule is COC(=O)[C@H]1CC(C)=CC[C@H]1C(=O)OC. The summed E-state index contributed by atoms with van der Waals surface area (Å²) in [6.07, 6.45) is 3.10. The van der Waals surface area contributed by atoms with Crippen molar-refractivity contribution in [3.63, 3.8) is 0 Å². The van der Waals surface area contributed by atoms with Gasteiger partial charge < -0.3 is 9.47 Å². The van der Waals surface area contributed by atoms with Gasteiger partial charge in [-0.3, -0.25) is 9.59 Å². The topological polar surface area (TPSA) is 52.6 Å².